The first-order chi connectivity index (χ1) is 9.90. The van der Waals surface area contributed by atoms with Crippen molar-refractivity contribution >= 4 is 33.2 Å². The number of hydrogen-bond acceptors (Lipinski definition) is 2. The molecule has 6 heteroatoms. The van der Waals surface area contributed by atoms with Crippen LogP contribution in [0.2, 0.25) is 5.02 Å². The molecule has 0 bridgehead atoms. The Balaban J connectivity index is 2.05. The van der Waals surface area contributed by atoms with Crippen molar-refractivity contribution < 1.29 is 8.42 Å². The summed E-state index contributed by atoms with van der Waals surface area (Å²) in [5, 5.41) is 0.712. The van der Waals surface area contributed by atoms with Crippen LogP contribution in [0.5, 0.6) is 0 Å². The summed E-state index contributed by atoms with van der Waals surface area (Å²) in [4.78, 5) is 0. The number of benzene rings is 1. The fraction of sp³-hybridized carbons (Fsp3) is 0.600. The lowest BCUT2D eigenvalue weighted by Gasteiger charge is -2.32. The van der Waals surface area contributed by atoms with E-state index >= 15 is 0 Å². The molecule has 118 valence electrons. The predicted molar refractivity (Wildman–Crippen MR) is 88.7 cm³/mol. The lowest BCUT2D eigenvalue weighted by Crippen LogP contribution is -2.39. The number of sulfonamides is 1. The SMILES string of the molecule is CS(=O)(=O)N1CCCC(CC(CCl)c2cccc(Cl)c2)C1. The van der Waals surface area contributed by atoms with Crippen molar-refractivity contribution in [3.63, 3.8) is 0 Å². The lowest BCUT2D eigenvalue weighted by atomic mass is 9.86. The maximum Gasteiger partial charge on any atom is 0.211 e. The van der Waals surface area contributed by atoms with Crippen LogP contribution >= 0.6 is 23.2 Å². The van der Waals surface area contributed by atoms with E-state index in [4.69, 9.17) is 23.2 Å². The first kappa shape index (κ1) is 17.1. The average Bonchev–Trinajstić information content (AvgIpc) is 2.44. The van der Waals surface area contributed by atoms with Gasteiger partial charge in [0.05, 0.1) is 6.26 Å². The van der Waals surface area contributed by atoms with E-state index in [2.05, 4.69) is 0 Å². The molecule has 1 heterocycles. The minimum absolute atomic E-state index is 0.217. The van der Waals surface area contributed by atoms with Crippen LogP contribution in [0.4, 0.5) is 0 Å². The van der Waals surface area contributed by atoms with E-state index in [1.807, 2.05) is 24.3 Å². The van der Waals surface area contributed by atoms with E-state index in [-0.39, 0.29) is 5.92 Å². The molecule has 0 radical (unpaired) electrons. The summed E-state index contributed by atoms with van der Waals surface area (Å²) in [5.41, 5.74) is 1.13. The molecule has 2 atom stereocenters. The number of alkyl halides is 1. The summed E-state index contributed by atoms with van der Waals surface area (Å²) in [6, 6.07) is 7.77. The zero-order valence-electron chi connectivity index (χ0n) is 12.1. The Labute approximate surface area is 137 Å². The van der Waals surface area contributed by atoms with Crippen LogP contribution in [0.3, 0.4) is 0 Å². The molecule has 2 unspecified atom stereocenters. The van der Waals surface area contributed by atoms with Gasteiger partial charge in [-0.15, -0.1) is 11.6 Å². The third-order valence-electron chi connectivity index (χ3n) is 4.07. The monoisotopic (exact) mass is 349 g/mol. The lowest BCUT2D eigenvalue weighted by molar-refractivity contribution is 0.249. The molecule has 0 aliphatic carbocycles. The summed E-state index contributed by atoms with van der Waals surface area (Å²) in [6.45, 7) is 1.24. The van der Waals surface area contributed by atoms with Gasteiger partial charge in [0.1, 0.15) is 0 Å². The highest BCUT2D eigenvalue weighted by atomic mass is 35.5. The van der Waals surface area contributed by atoms with E-state index in [1.54, 1.807) is 4.31 Å². The minimum atomic E-state index is -3.09. The largest absolute Gasteiger partial charge is 0.213 e. The molecule has 1 aromatic rings. The maximum atomic E-state index is 11.7. The van der Waals surface area contributed by atoms with Crippen molar-refractivity contribution in [2.24, 2.45) is 5.92 Å². The molecule has 21 heavy (non-hydrogen) atoms. The molecule has 0 amide bonds. The van der Waals surface area contributed by atoms with Crippen LogP contribution in [-0.4, -0.2) is 37.9 Å². The Morgan fingerprint density at radius 2 is 2.19 bits per heavy atom. The smallest absolute Gasteiger partial charge is 0.211 e. The molecule has 2 rings (SSSR count). The van der Waals surface area contributed by atoms with Gasteiger partial charge in [0.25, 0.3) is 0 Å². The van der Waals surface area contributed by atoms with Crippen LogP contribution in [0, 0.1) is 5.92 Å². The number of piperidine rings is 1. The van der Waals surface area contributed by atoms with E-state index < -0.39 is 10.0 Å². The van der Waals surface area contributed by atoms with Gasteiger partial charge in [-0.25, -0.2) is 12.7 Å². The first-order valence-corrected chi connectivity index (χ1v) is 9.92. The van der Waals surface area contributed by atoms with Gasteiger partial charge >= 0.3 is 0 Å². The third-order valence-corrected chi connectivity index (χ3v) is 5.95. The summed E-state index contributed by atoms with van der Waals surface area (Å²) < 4.78 is 25.0. The molecule has 3 nitrogen and oxygen atoms in total. The van der Waals surface area contributed by atoms with Crippen LogP contribution in [0.1, 0.15) is 30.7 Å². The van der Waals surface area contributed by atoms with Crippen LogP contribution in [-0.2, 0) is 10.0 Å². The molecule has 1 saturated heterocycles. The summed E-state index contributed by atoms with van der Waals surface area (Å²) in [5.74, 6) is 1.10. The molecule has 0 N–H and O–H groups in total. The Morgan fingerprint density at radius 1 is 1.43 bits per heavy atom. The topological polar surface area (TPSA) is 37.4 Å². The van der Waals surface area contributed by atoms with Crippen molar-refractivity contribution in [1.29, 1.82) is 0 Å². The van der Waals surface area contributed by atoms with Crippen molar-refractivity contribution in [2.75, 3.05) is 25.2 Å². The summed E-state index contributed by atoms with van der Waals surface area (Å²) in [7, 11) is -3.09. The molecular formula is C15H21Cl2NO2S. The number of halogens is 2. The summed E-state index contributed by atoms with van der Waals surface area (Å²) in [6.07, 6.45) is 4.16. The van der Waals surface area contributed by atoms with Crippen molar-refractivity contribution in [2.45, 2.75) is 25.2 Å². The Kier molecular flexibility index (Phi) is 5.95. The molecule has 1 fully saturated rings. The molecule has 0 spiro atoms. The molecule has 0 saturated carbocycles. The van der Waals surface area contributed by atoms with Crippen LogP contribution in [0.25, 0.3) is 0 Å². The second-order valence-electron chi connectivity index (χ2n) is 5.77. The second-order valence-corrected chi connectivity index (χ2v) is 8.50. The van der Waals surface area contributed by atoms with Gasteiger partial charge in [0, 0.05) is 24.0 Å². The fourth-order valence-corrected chi connectivity index (χ4v) is 4.42. The van der Waals surface area contributed by atoms with Gasteiger partial charge in [-0.3, -0.25) is 0 Å². The van der Waals surface area contributed by atoms with E-state index in [1.165, 1.54) is 6.26 Å². The van der Waals surface area contributed by atoms with Gasteiger partial charge in [-0.2, -0.15) is 0 Å². The minimum Gasteiger partial charge on any atom is -0.213 e. The Morgan fingerprint density at radius 3 is 2.81 bits per heavy atom. The zero-order chi connectivity index (χ0) is 15.5. The van der Waals surface area contributed by atoms with Gasteiger partial charge in [0.15, 0.2) is 0 Å². The molecule has 1 aromatic carbocycles. The Bertz CT molecular complexity index is 577. The number of nitrogens with zero attached hydrogens (tertiary/aromatic N) is 1. The number of hydrogen-bond donors (Lipinski definition) is 0. The van der Waals surface area contributed by atoms with Crippen molar-refractivity contribution in [1.82, 2.24) is 4.31 Å². The second kappa shape index (κ2) is 7.32. The molecular weight excluding hydrogens is 329 g/mol. The number of rotatable bonds is 5. The normalized spacial score (nSPS) is 22.1. The van der Waals surface area contributed by atoms with Gasteiger partial charge < -0.3 is 0 Å². The van der Waals surface area contributed by atoms with E-state index in [0.29, 0.717) is 29.9 Å². The van der Waals surface area contributed by atoms with E-state index in [9.17, 15) is 8.42 Å². The molecule has 1 aliphatic heterocycles. The average molecular weight is 350 g/mol. The van der Waals surface area contributed by atoms with Gasteiger partial charge in [-0.05, 0) is 48.8 Å². The first-order valence-electron chi connectivity index (χ1n) is 7.16. The zero-order valence-corrected chi connectivity index (χ0v) is 14.5. The highest BCUT2D eigenvalue weighted by Gasteiger charge is 2.27. The molecule has 1 aliphatic rings. The van der Waals surface area contributed by atoms with Crippen molar-refractivity contribution in [3.05, 3.63) is 34.9 Å². The Hall–Kier alpha value is -0.290. The van der Waals surface area contributed by atoms with Crippen LogP contribution in [0.15, 0.2) is 24.3 Å². The highest BCUT2D eigenvalue weighted by molar-refractivity contribution is 7.88. The standard InChI is InChI=1S/C15H21Cl2NO2S/c1-21(19,20)18-7-3-4-12(11-18)8-14(10-16)13-5-2-6-15(17)9-13/h2,5-6,9,12,14H,3-4,7-8,10-11H2,1H3. The third kappa shape index (κ3) is 4.85. The van der Waals surface area contributed by atoms with Gasteiger partial charge in [0.2, 0.25) is 10.0 Å². The summed E-state index contributed by atoms with van der Waals surface area (Å²) >= 11 is 12.2. The maximum absolute atomic E-state index is 11.7. The fourth-order valence-electron chi connectivity index (χ4n) is 2.97. The quantitative estimate of drug-likeness (QED) is 0.759. The highest BCUT2D eigenvalue weighted by Crippen LogP contribution is 2.31. The molecule has 0 aromatic heterocycles. The van der Waals surface area contributed by atoms with E-state index in [0.717, 1.165) is 24.8 Å². The predicted octanol–water partition coefficient (Wildman–Crippen LogP) is 3.72. The van der Waals surface area contributed by atoms with Crippen LogP contribution < -0.4 is 0 Å². The van der Waals surface area contributed by atoms with Gasteiger partial charge in [-0.1, -0.05) is 23.7 Å². The van der Waals surface area contributed by atoms with Crippen molar-refractivity contribution in [3.8, 4) is 0 Å².